The maximum absolute atomic E-state index is 13.0. The van der Waals surface area contributed by atoms with Crippen LogP contribution in [0.4, 0.5) is 17.1 Å². The van der Waals surface area contributed by atoms with Crippen LogP contribution in [0.2, 0.25) is 0 Å². The first-order chi connectivity index (χ1) is 12.6. The van der Waals surface area contributed by atoms with Gasteiger partial charge >= 0.3 is 0 Å². The van der Waals surface area contributed by atoms with Crippen molar-refractivity contribution in [2.24, 2.45) is 0 Å². The van der Waals surface area contributed by atoms with Crippen LogP contribution >= 0.6 is 0 Å². The van der Waals surface area contributed by atoms with E-state index < -0.39 is 0 Å². The lowest BCUT2D eigenvalue weighted by Crippen LogP contribution is -2.23. The Kier molecular flexibility index (Phi) is 3.69. The van der Waals surface area contributed by atoms with Crippen molar-refractivity contribution >= 4 is 28.6 Å². The van der Waals surface area contributed by atoms with Crippen molar-refractivity contribution in [1.29, 1.82) is 0 Å². The molecule has 0 spiro atoms. The molecule has 3 aromatic carbocycles. The number of nitrogens with one attached hydrogen (secondary N) is 1. The van der Waals surface area contributed by atoms with Crippen molar-refractivity contribution in [2.75, 3.05) is 18.2 Å². The number of nitrogens with two attached hydrogens (primary N) is 1. The number of ketones is 2. The third kappa shape index (κ3) is 2.41. The molecule has 3 aromatic rings. The van der Waals surface area contributed by atoms with Crippen LogP contribution in [0.5, 0.6) is 5.75 Å². The molecule has 0 unspecified atom stereocenters. The van der Waals surface area contributed by atoms with Gasteiger partial charge in [-0.1, -0.05) is 24.3 Å². The lowest BCUT2D eigenvalue weighted by molar-refractivity contribution is 0.0980. The Morgan fingerprint density at radius 1 is 0.808 bits per heavy atom. The zero-order valence-electron chi connectivity index (χ0n) is 14.1. The smallest absolute Gasteiger partial charge is 0.196 e. The van der Waals surface area contributed by atoms with E-state index in [1.165, 1.54) is 0 Å². The molecule has 4 rings (SSSR count). The quantitative estimate of drug-likeness (QED) is 0.553. The highest BCUT2D eigenvalue weighted by molar-refractivity contribution is 6.31. The molecule has 0 aromatic heterocycles. The molecular weight excluding hydrogens is 328 g/mol. The van der Waals surface area contributed by atoms with E-state index in [4.69, 9.17) is 10.5 Å². The molecule has 0 aliphatic heterocycles. The molecule has 0 saturated carbocycles. The SMILES string of the molecule is COc1ccc(Nc2ccc(N)c3c2C(=O)c2ccccc2C3=O)cc1. The number of benzene rings is 3. The molecule has 0 heterocycles. The number of carbonyl (C=O) groups excluding carboxylic acids is 2. The molecule has 26 heavy (non-hydrogen) atoms. The van der Waals surface area contributed by atoms with E-state index in [2.05, 4.69) is 5.32 Å². The van der Waals surface area contributed by atoms with E-state index in [1.807, 2.05) is 24.3 Å². The minimum absolute atomic E-state index is 0.210. The Hall–Kier alpha value is -3.60. The van der Waals surface area contributed by atoms with Gasteiger partial charge in [-0.2, -0.15) is 0 Å². The molecule has 0 bridgehead atoms. The van der Waals surface area contributed by atoms with Gasteiger partial charge in [-0.3, -0.25) is 9.59 Å². The summed E-state index contributed by atoms with van der Waals surface area (Å²) < 4.78 is 5.15. The average molecular weight is 344 g/mol. The van der Waals surface area contributed by atoms with Gasteiger partial charge in [0.05, 0.1) is 23.9 Å². The first-order valence-corrected chi connectivity index (χ1v) is 8.12. The van der Waals surface area contributed by atoms with Gasteiger partial charge in [0.25, 0.3) is 0 Å². The summed E-state index contributed by atoms with van der Waals surface area (Å²) in [4.78, 5) is 25.9. The van der Waals surface area contributed by atoms with E-state index in [0.29, 0.717) is 28.1 Å². The number of fused-ring (bicyclic) bond motifs is 2. The fraction of sp³-hybridized carbons (Fsp3) is 0.0476. The number of methoxy groups -OCH3 is 1. The zero-order chi connectivity index (χ0) is 18.3. The molecule has 5 nitrogen and oxygen atoms in total. The molecule has 5 heteroatoms. The lowest BCUT2D eigenvalue weighted by atomic mass is 9.82. The van der Waals surface area contributed by atoms with Crippen LogP contribution in [-0.4, -0.2) is 18.7 Å². The molecule has 128 valence electrons. The van der Waals surface area contributed by atoms with E-state index in [-0.39, 0.29) is 17.1 Å². The second-order valence-corrected chi connectivity index (χ2v) is 6.01. The van der Waals surface area contributed by atoms with E-state index >= 15 is 0 Å². The number of ether oxygens (including phenoxy) is 1. The first-order valence-electron chi connectivity index (χ1n) is 8.12. The van der Waals surface area contributed by atoms with Gasteiger partial charge < -0.3 is 15.8 Å². The summed E-state index contributed by atoms with van der Waals surface area (Å²) in [5.41, 5.74) is 9.01. The fourth-order valence-corrected chi connectivity index (χ4v) is 3.18. The molecule has 1 aliphatic carbocycles. The van der Waals surface area contributed by atoms with Crippen molar-refractivity contribution < 1.29 is 14.3 Å². The summed E-state index contributed by atoms with van der Waals surface area (Å²) >= 11 is 0. The largest absolute Gasteiger partial charge is 0.497 e. The number of carbonyl (C=O) groups is 2. The highest BCUT2D eigenvalue weighted by Crippen LogP contribution is 2.36. The van der Waals surface area contributed by atoms with Gasteiger partial charge in [-0.25, -0.2) is 0 Å². The maximum Gasteiger partial charge on any atom is 0.196 e. The summed E-state index contributed by atoms with van der Waals surface area (Å²) in [5, 5.41) is 3.21. The third-order valence-electron chi connectivity index (χ3n) is 4.48. The van der Waals surface area contributed by atoms with Crippen LogP contribution in [0.15, 0.2) is 60.7 Å². The predicted octanol–water partition coefficient (Wildman–Crippen LogP) is 3.80. The summed E-state index contributed by atoms with van der Waals surface area (Å²) in [6.07, 6.45) is 0. The minimum atomic E-state index is -0.230. The first kappa shape index (κ1) is 15.9. The number of hydrogen-bond donors (Lipinski definition) is 2. The van der Waals surface area contributed by atoms with Crippen molar-refractivity contribution in [3.8, 4) is 5.75 Å². The van der Waals surface area contributed by atoms with E-state index in [1.54, 1.807) is 43.5 Å². The molecule has 0 atom stereocenters. The molecule has 1 aliphatic rings. The Labute approximate surface area is 150 Å². The highest BCUT2D eigenvalue weighted by atomic mass is 16.5. The molecule has 0 saturated heterocycles. The number of hydrogen-bond acceptors (Lipinski definition) is 5. The predicted molar refractivity (Wildman–Crippen MR) is 100 cm³/mol. The van der Waals surface area contributed by atoms with E-state index in [0.717, 1.165) is 11.4 Å². The summed E-state index contributed by atoms with van der Waals surface area (Å²) in [6, 6.07) is 17.5. The third-order valence-corrected chi connectivity index (χ3v) is 4.48. The Balaban J connectivity index is 1.83. The Morgan fingerprint density at radius 2 is 1.42 bits per heavy atom. The highest BCUT2D eigenvalue weighted by Gasteiger charge is 2.33. The van der Waals surface area contributed by atoms with Crippen LogP contribution in [0.3, 0.4) is 0 Å². The normalized spacial score (nSPS) is 12.3. The van der Waals surface area contributed by atoms with Gasteiger partial charge in [0.15, 0.2) is 11.6 Å². The van der Waals surface area contributed by atoms with Gasteiger partial charge in [0, 0.05) is 22.5 Å². The van der Waals surface area contributed by atoms with Gasteiger partial charge in [-0.15, -0.1) is 0 Å². The summed E-state index contributed by atoms with van der Waals surface area (Å²) in [6.45, 7) is 0. The summed E-state index contributed by atoms with van der Waals surface area (Å²) in [5.74, 6) is 0.291. The molecule has 3 N–H and O–H groups in total. The monoisotopic (exact) mass is 344 g/mol. The second-order valence-electron chi connectivity index (χ2n) is 6.01. The van der Waals surface area contributed by atoms with Crippen LogP contribution < -0.4 is 15.8 Å². The van der Waals surface area contributed by atoms with Crippen LogP contribution in [0.25, 0.3) is 0 Å². The van der Waals surface area contributed by atoms with Gasteiger partial charge in [0.1, 0.15) is 5.75 Å². The maximum atomic E-state index is 13.0. The Bertz CT molecular complexity index is 1040. The summed E-state index contributed by atoms with van der Waals surface area (Å²) in [7, 11) is 1.60. The van der Waals surface area contributed by atoms with Crippen LogP contribution in [0.1, 0.15) is 31.8 Å². The molecule has 0 fully saturated rings. The van der Waals surface area contributed by atoms with Gasteiger partial charge in [-0.05, 0) is 36.4 Å². The lowest BCUT2D eigenvalue weighted by Gasteiger charge is -2.22. The van der Waals surface area contributed by atoms with Crippen LogP contribution in [-0.2, 0) is 0 Å². The molecule has 0 radical (unpaired) electrons. The number of rotatable bonds is 3. The van der Waals surface area contributed by atoms with Crippen molar-refractivity contribution in [2.45, 2.75) is 0 Å². The fourth-order valence-electron chi connectivity index (χ4n) is 3.18. The Morgan fingerprint density at radius 3 is 2.04 bits per heavy atom. The van der Waals surface area contributed by atoms with Crippen molar-refractivity contribution in [1.82, 2.24) is 0 Å². The zero-order valence-corrected chi connectivity index (χ0v) is 14.1. The molecular formula is C21H16N2O3. The van der Waals surface area contributed by atoms with E-state index in [9.17, 15) is 9.59 Å². The standard InChI is InChI=1S/C21H16N2O3/c1-26-13-8-6-12(7-9-13)23-17-11-10-16(22)18-19(17)21(25)15-5-3-2-4-14(15)20(18)24/h2-11,23H,22H2,1H3. The topological polar surface area (TPSA) is 81.4 Å². The van der Waals surface area contributed by atoms with Crippen molar-refractivity contribution in [3.05, 3.63) is 82.9 Å². The van der Waals surface area contributed by atoms with Gasteiger partial charge in [0.2, 0.25) is 0 Å². The second kappa shape index (κ2) is 6.04. The number of anilines is 3. The van der Waals surface area contributed by atoms with Crippen LogP contribution in [0, 0.1) is 0 Å². The minimum Gasteiger partial charge on any atom is -0.497 e. The number of nitrogen functional groups attached to an aromatic ring is 1. The molecule has 0 amide bonds. The van der Waals surface area contributed by atoms with Crippen molar-refractivity contribution in [3.63, 3.8) is 0 Å². The average Bonchev–Trinajstić information content (AvgIpc) is 2.68.